The second-order valence-electron chi connectivity index (χ2n) is 5.97. The molecule has 0 unspecified atom stereocenters. The Morgan fingerprint density at radius 3 is 1.31 bits per heavy atom. The molecule has 0 amide bonds. The van der Waals surface area contributed by atoms with Crippen molar-refractivity contribution in [3.05, 3.63) is 85.5 Å². The summed E-state index contributed by atoms with van der Waals surface area (Å²) >= 11 is 0. The van der Waals surface area contributed by atoms with Crippen molar-refractivity contribution in [1.29, 1.82) is 0 Å². The van der Waals surface area contributed by atoms with Gasteiger partial charge in [-0.05, 0) is 60.7 Å². The molecule has 0 aliphatic heterocycles. The molecule has 130 valence electrons. The molecule has 0 bridgehead atoms. The summed E-state index contributed by atoms with van der Waals surface area (Å²) in [6, 6.07) is 19.6. The molecule has 0 aliphatic carbocycles. The van der Waals surface area contributed by atoms with Gasteiger partial charge in [0.25, 0.3) is 0 Å². The number of nitrogens with zero attached hydrogens (tertiary/aromatic N) is 2. The zero-order valence-electron chi connectivity index (χ0n) is 14.1. The predicted octanol–water partition coefficient (Wildman–Crippen LogP) is 3.87. The highest BCUT2D eigenvalue weighted by Crippen LogP contribution is 2.25. The summed E-state index contributed by atoms with van der Waals surface area (Å²) in [5.74, 6) is 0. The third-order valence-corrected chi connectivity index (χ3v) is 4.21. The smallest absolute Gasteiger partial charge is 0.0770 e. The molecule has 4 rings (SSSR count). The number of anilines is 4. The molecule has 0 radical (unpaired) electrons. The molecule has 0 saturated carbocycles. The van der Waals surface area contributed by atoms with Crippen LogP contribution in [0.4, 0.5) is 22.7 Å². The average molecular weight is 344 g/mol. The predicted molar refractivity (Wildman–Crippen MR) is 108 cm³/mol. The van der Waals surface area contributed by atoms with Crippen LogP contribution in [0.5, 0.6) is 0 Å². The normalized spacial score (nSPS) is 10.6. The SMILES string of the molecule is Nc1cc(-n2cccc2)ccc1NNc1ccc(-n2cccc2)cc1N. The maximum absolute atomic E-state index is 6.17. The van der Waals surface area contributed by atoms with E-state index in [1.165, 1.54) is 0 Å². The lowest BCUT2D eigenvalue weighted by Gasteiger charge is -2.15. The Hall–Kier alpha value is -3.80. The van der Waals surface area contributed by atoms with E-state index in [1.54, 1.807) is 0 Å². The maximum Gasteiger partial charge on any atom is 0.0770 e. The quantitative estimate of drug-likeness (QED) is 0.327. The van der Waals surface area contributed by atoms with E-state index in [-0.39, 0.29) is 0 Å². The Labute approximate surface area is 151 Å². The number of hydrogen-bond acceptors (Lipinski definition) is 4. The Morgan fingerprint density at radius 2 is 0.962 bits per heavy atom. The Bertz CT molecular complexity index is 919. The van der Waals surface area contributed by atoms with E-state index < -0.39 is 0 Å². The van der Waals surface area contributed by atoms with E-state index in [2.05, 4.69) is 10.9 Å². The van der Waals surface area contributed by atoms with Crippen LogP contribution >= 0.6 is 0 Å². The highest BCUT2D eigenvalue weighted by Gasteiger charge is 2.05. The van der Waals surface area contributed by atoms with Gasteiger partial charge in [0.2, 0.25) is 0 Å². The molecule has 0 fully saturated rings. The van der Waals surface area contributed by atoms with Gasteiger partial charge in [-0.15, -0.1) is 0 Å². The van der Waals surface area contributed by atoms with Gasteiger partial charge in [0.15, 0.2) is 0 Å². The fourth-order valence-electron chi connectivity index (χ4n) is 2.80. The molecule has 6 heteroatoms. The minimum absolute atomic E-state index is 0.645. The van der Waals surface area contributed by atoms with E-state index in [1.807, 2.05) is 94.6 Å². The fourth-order valence-corrected chi connectivity index (χ4v) is 2.80. The first-order valence-electron chi connectivity index (χ1n) is 8.28. The molecule has 6 nitrogen and oxygen atoms in total. The number of aromatic nitrogens is 2. The molecule has 2 aromatic carbocycles. The minimum atomic E-state index is 0.645. The van der Waals surface area contributed by atoms with Crippen molar-refractivity contribution in [3.8, 4) is 11.4 Å². The van der Waals surface area contributed by atoms with Gasteiger partial charge < -0.3 is 20.6 Å². The first-order valence-corrected chi connectivity index (χ1v) is 8.28. The molecule has 0 spiro atoms. The highest BCUT2D eigenvalue weighted by molar-refractivity contribution is 5.75. The number of nitrogen functional groups attached to an aromatic ring is 2. The first-order chi connectivity index (χ1) is 12.7. The van der Waals surface area contributed by atoms with Crippen LogP contribution in [-0.2, 0) is 0 Å². The van der Waals surface area contributed by atoms with Gasteiger partial charge in [0.05, 0.1) is 22.7 Å². The first kappa shape index (κ1) is 15.7. The van der Waals surface area contributed by atoms with Gasteiger partial charge in [-0.1, -0.05) is 0 Å². The second kappa shape index (κ2) is 6.60. The Morgan fingerprint density at radius 1 is 0.577 bits per heavy atom. The lowest BCUT2D eigenvalue weighted by molar-refractivity contribution is 1.08. The fraction of sp³-hybridized carbons (Fsp3) is 0. The largest absolute Gasteiger partial charge is 0.397 e. The summed E-state index contributed by atoms with van der Waals surface area (Å²) in [5, 5.41) is 0. The van der Waals surface area contributed by atoms with Crippen LogP contribution in [0.15, 0.2) is 85.5 Å². The number of nitrogens with two attached hydrogens (primary N) is 2. The summed E-state index contributed by atoms with van der Waals surface area (Å²) in [6.07, 6.45) is 7.92. The minimum Gasteiger partial charge on any atom is -0.397 e. The highest BCUT2D eigenvalue weighted by atomic mass is 15.4. The maximum atomic E-state index is 6.17. The van der Waals surface area contributed by atoms with Crippen LogP contribution < -0.4 is 22.3 Å². The van der Waals surface area contributed by atoms with Crippen molar-refractivity contribution < 1.29 is 0 Å². The van der Waals surface area contributed by atoms with E-state index in [4.69, 9.17) is 11.5 Å². The average Bonchev–Trinajstić information content (AvgIpc) is 3.35. The van der Waals surface area contributed by atoms with Gasteiger partial charge in [-0.3, -0.25) is 10.9 Å². The number of rotatable bonds is 5. The van der Waals surface area contributed by atoms with Gasteiger partial charge in [0, 0.05) is 36.2 Å². The molecule has 26 heavy (non-hydrogen) atoms. The molecule has 0 atom stereocenters. The van der Waals surface area contributed by atoms with Gasteiger partial charge in [-0.2, -0.15) is 0 Å². The van der Waals surface area contributed by atoms with Crippen LogP contribution in [-0.4, -0.2) is 9.13 Å². The molecule has 0 saturated heterocycles. The molecule has 4 aromatic rings. The van der Waals surface area contributed by atoms with Crippen molar-refractivity contribution in [1.82, 2.24) is 9.13 Å². The molecule has 2 heterocycles. The third-order valence-electron chi connectivity index (χ3n) is 4.21. The zero-order valence-corrected chi connectivity index (χ0v) is 14.1. The van der Waals surface area contributed by atoms with Gasteiger partial charge >= 0.3 is 0 Å². The lowest BCUT2D eigenvalue weighted by Crippen LogP contribution is -2.12. The molecule has 2 aromatic heterocycles. The van der Waals surface area contributed by atoms with Crippen molar-refractivity contribution in [2.75, 3.05) is 22.3 Å². The van der Waals surface area contributed by atoms with Crippen LogP contribution in [0.1, 0.15) is 0 Å². The monoisotopic (exact) mass is 344 g/mol. The van der Waals surface area contributed by atoms with E-state index in [0.29, 0.717) is 11.4 Å². The summed E-state index contributed by atoms with van der Waals surface area (Å²) < 4.78 is 4.01. The zero-order chi connectivity index (χ0) is 17.9. The standard InChI is InChI=1S/C20H20N6/c21-17-13-15(25-9-1-2-10-25)5-7-19(17)23-24-20-8-6-16(14-18(20)22)26-11-3-4-12-26/h1-14,23-24H,21-22H2. The molecular weight excluding hydrogens is 324 g/mol. The Kier molecular flexibility index (Phi) is 3.99. The van der Waals surface area contributed by atoms with Crippen LogP contribution in [0.25, 0.3) is 11.4 Å². The number of hydrogen-bond donors (Lipinski definition) is 4. The molecular formula is C20H20N6. The summed E-state index contributed by atoms with van der Waals surface area (Å²) in [6.45, 7) is 0. The molecule has 6 N–H and O–H groups in total. The number of benzene rings is 2. The van der Waals surface area contributed by atoms with Gasteiger partial charge in [0.1, 0.15) is 0 Å². The second-order valence-corrected chi connectivity index (χ2v) is 5.97. The summed E-state index contributed by atoms with van der Waals surface area (Å²) in [5.41, 5.74) is 23.5. The summed E-state index contributed by atoms with van der Waals surface area (Å²) in [7, 11) is 0. The van der Waals surface area contributed by atoms with Crippen molar-refractivity contribution in [3.63, 3.8) is 0 Å². The van der Waals surface area contributed by atoms with E-state index in [9.17, 15) is 0 Å². The number of hydrazine groups is 1. The lowest BCUT2D eigenvalue weighted by atomic mass is 10.2. The Balaban J connectivity index is 1.49. The molecule has 0 aliphatic rings. The topological polar surface area (TPSA) is 86.0 Å². The summed E-state index contributed by atoms with van der Waals surface area (Å²) in [4.78, 5) is 0. The van der Waals surface area contributed by atoms with E-state index >= 15 is 0 Å². The third kappa shape index (κ3) is 3.08. The van der Waals surface area contributed by atoms with Crippen LogP contribution in [0, 0.1) is 0 Å². The van der Waals surface area contributed by atoms with E-state index in [0.717, 1.165) is 22.7 Å². The van der Waals surface area contributed by atoms with Crippen molar-refractivity contribution in [2.24, 2.45) is 0 Å². The van der Waals surface area contributed by atoms with Crippen molar-refractivity contribution in [2.45, 2.75) is 0 Å². The van der Waals surface area contributed by atoms with Crippen LogP contribution in [0.2, 0.25) is 0 Å². The van der Waals surface area contributed by atoms with Crippen LogP contribution in [0.3, 0.4) is 0 Å². The number of nitrogens with one attached hydrogen (secondary N) is 2. The van der Waals surface area contributed by atoms with Crippen molar-refractivity contribution >= 4 is 22.7 Å². The van der Waals surface area contributed by atoms with Gasteiger partial charge in [-0.25, -0.2) is 0 Å².